The molecule has 1 aliphatic heterocycles. The Morgan fingerprint density at radius 2 is 2.13 bits per heavy atom. The minimum absolute atomic E-state index is 0.261. The van der Waals surface area contributed by atoms with Crippen LogP contribution >= 0.6 is 11.3 Å². The van der Waals surface area contributed by atoms with E-state index in [0.29, 0.717) is 17.6 Å². The predicted octanol–water partition coefficient (Wildman–Crippen LogP) is 0.332. The second kappa shape index (κ2) is 5.53. The van der Waals surface area contributed by atoms with Gasteiger partial charge in [0.25, 0.3) is 0 Å². The van der Waals surface area contributed by atoms with E-state index in [1.165, 1.54) is 12.7 Å². The molecule has 1 fully saturated rings. The Hall–Kier alpha value is -2.07. The number of rotatable bonds is 3. The van der Waals surface area contributed by atoms with Crippen molar-refractivity contribution in [3.05, 3.63) is 35.0 Å². The molecule has 23 heavy (non-hydrogen) atoms. The van der Waals surface area contributed by atoms with Crippen LogP contribution in [-0.4, -0.2) is 48.0 Å². The Balaban J connectivity index is 1.64. The molecule has 0 radical (unpaired) electrons. The molecule has 0 spiro atoms. The van der Waals surface area contributed by atoms with E-state index in [1.807, 2.05) is 17.5 Å². The fourth-order valence-electron chi connectivity index (χ4n) is 2.81. The number of fused-ring (bicyclic) bond motifs is 1. The molecular formula is C14H15N5O3S. The highest BCUT2D eigenvalue weighted by Gasteiger charge is 2.44. The van der Waals surface area contributed by atoms with Gasteiger partial charge in [0.05, 0.1) is 12.4 Å². The number of anilines is 1. The van der Waals surface area contributed by atoms with Crippen molar-refractivity contribution in [3.8, 4) is 0 Å². The highest BCUT2D eigenvalue weighted by molar-refractivity contribution is 7.09. The van der Waals surface area contributed by atoms with Gasteiger partial charge in [-0.3, -0.25) is 4.57 Å². The van der Waals surface area contributed by atoms with E-state index in [2.05, 4.69) is 15.0 Å². The number of thiophene rings is 1. The molecule has 4 N–H and O–H groups in total. The maximum Gasteiger partial charge on any atom is 0.167 e. The second-order valence-electron chi connectivity index (χ2n) is 5.41. The van der Waals surface area contributed by atoms with Gasteiger partial charge in [0.2, 0.25) is 0 Å². The number of ether oxygens (including phenoxy) is 1. The average Bonchev–Trinajstić information content (AvgIpc) is 3.24. The molecule has 0 bridgehead atoms. The van der Waals surface area contributed by atoms with Crippen molar-refractivity contribution < 1.29 is 14.9 Å². The maximum atomic E-state index is 10.4. The Labute approximate surface area is 135 Å². The van der Waals surface area contributed by atoms with Crippen molar-refractivity contribution in [3.63, 3.8) is 0 Å². The number of imidazole rings is 1. The molecule has 0 saturated carbocycles. The van der Waals surface area contributed by atoms with E-state index in [1.54, 1.807) is 15.9 Å². The van der Waals surface area contributed by atoms with E-state index in [9.17, 15) is 10.2 Å². The highest BCUT2D eigenvalue weighted by atomic mass is 32.1. The lowest BCUT2D eigenvalue weighted by Crippen LogP contribution is -2.32. The zero-order chi connectivity index (χ0) is 16.0. The van der Waals surface area contributed by atoms with Gasteiger partial charge in [-0.15, -0.1) is 11.3 Å². The summed E-state index contributed by atoms with van der Waals surface area (Å²) < 4.78 is 7.46. The van der Waals surface area contributed by atoms with E-state index in [0.717, 1.165) is 4.88 Å². The Bertz CT molecular complexity index is 821. The summed E-state index contributed by atoms with van der Waals surface area (Å²) in [5.41, 5.74) is 6.68. The van der Waals surface area contributed by atoms with Crippen molar-refractivity contribution >= 4 is 28.3 Å². The molecule has 8 nitrogen and oxygen atoms in total. The lowest BCUT2D eigenvalue weighted by atomic mass is 10.1. The first-order valence-electron chi connectivity index (χ1n) is 7.12. The van der Waals surface area contributed by atoms with Crippen LogP contribution in [-0.2, 0) is 11.2 Å². The number of aliphatic hydroxyl groups is 2. The summed E-state index contributed by atoms with van der Waals surface area (Å²) >= 11 is 1.59. The molecule has 0 amide bonds. The van der Waals surface area contributed by atoms with Crippen LogP contribution in [0.15, 0.2) is 30.2 Å². The lowest BCUT2D eigenvalue weighted by Gasteiger charge is -2.16. The van der Waals surface area contributed by atoms with Gasteiger partial charge >= 0.3 is 0 Å². The van der Waals surface area contributed by atoms with Crippen LogP contribution in [0.25, 0.3) is 11.2 Å². The molecule has 1 saturated heterocycles. The molecule has 0 aromatic carbocycles. The summed E-state index contributed by atoms with van der Waals surface area (Å²) in [7, 11) is 0. The van der Waals surface area contributed by atoms with Crippen molar-refractivity contribution in [2.45, 2.75) is 31.0 Å². The van der Waals surface area contributed by atoms with Crippen LogP contribution in [0.5, 0.6) is 0 Å². The number of hydrogen-bond donors (Lipinski definition) is 3. The van der Waals surface area contributed by atoms with Crippen LogP contribution in [0.1, 0.15) is 11.1 Å². The summed E-state index contributed by atoms with van der Waals surface area (Å²) in [6, 6.07) is 3.92. The van der Waals surface area contributed by atoms with Crippen LogP contribution in [0.2, 0.25) is 0 Å². The first kappa shape index (κ1) is 14.5. The highest BCUT2D eigenvalue weighted by Crippen LogP contribution is 2.33. The SMILES string of the molecule is Nc1ncnc2c1ncn2[C@@H]1O[C@H](Cc2cccs2)[C@@H](O)[C@H]1O. The van der Waals surface area contributed by atoms with Gasteiger partial charge in [-0.25, -0.2) is 15.0 Å². The summed E-state index contributed by atoms with van der Waals surface area (Å²) in [6.07, 6.45) is 0.0309. The third-order valence-electron chi connectivity index (χ3n) is 3.98. The Morgan fingerprint density at radius 3 is 2.91 bits per heavy atom. The van der Waals surface area contributed by atoms with Crippen molar-refractivity contribution in [1.82, 2.24) is 19.5 Å². The van der Waals surface area contributed by atoms with Gasteiger partial charge in [-0.05, 0) is 11.4 Å². The molecule has 3 aromatic rings. The zero-order valence-corrected chi connectivity index (χ0v) is 12.8. The molecule has 3 aromatic heterocycles. The minimum Gasteiger partial charge on any atom is -0.388 e. The van der Waals surface area contributed by atoms with Crippen LogP contribution in [0, 0.1) is 0 Å². The predicted molar refractivity (Wildman–Crippen MR) is 83.7 cm³/mol. The van der Waals surface area contributed by atoms with Gasteiger partial charge < -0.3 is 20.7 Å². The standard InChI is InChI=1S/C14H15N5O3S/c15-12-9-13(17-5-16-12)19(6-18-9)14-11(21)10(20)8(22-14)4-7-2-1-3-23-7/h1-3,5-6,8,10-11,14,20-21H,4H2,(H2,15,16,17)/t8-,10-,11-,14-/m1/s1. The summed E-state index contributed by atoms with van der Waals surface area (Å²) in [6.45, 7) is 0. The number of nitrogen functional groups attached to an aromatic ring is 1. The number of hydrogen-bond acceptors (Lipinski definition) is 8. The molecule has 0 aliphatic carbocycles. The van der Waals surface area contributed by atoms with Gasteiger partial charge in [0, 0.05) is 11.3 Å². The fraction of sp³-hybridized carbons (Fsp3) is 0.357. The molecule has 4 heterocycles. The third-order valence-corrected chi connectivity index (χ3v) is 4.88. The molecule has 120 valence electrons. The summed E-state index contributed by atoms with van der Waals surface area (Å²) in [5.74, 6) is 0.261. The van der Waals surface area contributed by atoms with E-state index >= 15 is 0 Å². The minimum atomic E-state index is -1.08. The van der Waals surface area contributed by atoms with Crippen LogP contribution in [0.3, 0.4) is 0 Å². The lowest BCUT2D eigenvalue weighted by molar-refractivity contribution is -0.0343. The number of aliphatic hydroxyl groups excluding tert-OH is 2. The monoisotopic (exact) mass is 333 g/mol. The molecule has 4 atom stereocenters. The maximum absolute atomic E-state index is 10.4. The Morgan fingerprint density at radius 1 is 1.26 bits per heavy atom. The first-order chi connectivity index (χ1) is 11.1. The average molecular weight is 333 g/mol. The van der Waals surface area contributed by atoms with Crippen LogP contribution in [0.4, 0.5) is 5.82 Å². The van der Waals surface area contributed by atoms with Gasteiger partial charge in [-0.1, -0.05) is 6.07 Å². The molecule has 0 unspecified atom stereocenters. The van der Waals surface area contributed by atoms with Crippen molar-refractivity contribution in [1.29, 1.82) is 0 Å². The summed E-state index contributed by atoms with van der Waals surface area (Å²) in [5, 5.41) is 22.6. The molecule has 1 aliphatic rings. The quantitative estimate of drug-likeness (QED) is 0.632. The van der Waals surface area contributed by atoms with Gasteiger partial charge in [0.1, 0.15) is 24.1 Å². The molecular weight excluding hydrogens is 318 g/mol. The van der Waals surface area contributed by atoms with Gasteiger partial charge in [-0.2, -0.15) is 0 Å². The zero-order valence-electron chi connectivity index (χ0n) is 12.0. The first-order valence-corrected chi connectivity index (χ1v) is 8.00. The van der Waals surface area contributed by atoms with Crippen molar-refractivity contribution in [2.24, 2.45) is 0 Å². The van der Waals surface area contributed by atoms with Crippen LogP contribution < -0.4 is 5.73 Å². The number of nitrogens with zero attached hydrogens (tertiary/aromatic N) is 4. The van der Waals surface area contributed by atoms with Gasteiger partial charge in [0.15, 0.2) is 17.7 Å². The molecule has 9 heteroatoms. The van der Waals surface area contributed by atoms with E-state index < -0.39 is 24.5 Å². The van der Waals surface area contributed by atoms with Crippen molar-refractivity contribution in [2.75, 3.05) is 5.73 Å². The Kier molecular flexibility index (Phi) is 3.49. The topological polar surface area (TPSA) is 119 Å². The van der Waals surface area contributed by atoms with E-state index in [4.69, 9.17) is 10.5 Å². The molecule has 4 rings (SSSR count). The number of aromatic nitrogens is 4. The largest absolute Gasteiger partial charge is 0.388 e. The van der Waals surface area contributed by atoms with E-state index in [-0.39, 0.29) is 5.82 Å². The normalized spacial score (nSPS) is 27.7. The third kappa shape index (κ3) is 2.38. The smallest absolute Gasteiger partial charge is 0.167 e. The second-order valence-corrected chi connectivity index (χ2v) is 6.44. The fourth-order valence-corrected chi connectivity index (χ4v) is 3.56. The summed E-state index contributed by atoms with van der Waals surface area (Å²) in [4.78, 5) is 13.3. The number of nitrogens with two attached hydrogens (primary N) is 1.